The van der Waals surface area contributed by atoms with Gasteiger partial charge >= 0.3 is 0 Å². The Morgan fingerprint density at radius 3 is 2.50 bits per heavy atom. The maximum absolute atomic E-state index is 5.58. The van der Waals surface area contributed by atoms with Gasteiger partial charge in [0, 0.05) is 5.92 Å². The second-order valence-corrected chi connectivity index (χ2v) is 3.93. The van der Waals surface area contributed by atoms with Crippen LogP contribution in [0.2, 0.25) is 0 Å². The van der Waals surface area contributed by atoms with Gasteiger partial charge in [0.1, 0.15) is 0 Å². The van der Waals surface area contributed by atoms with Crippen LogP contribution in [0.1, 0.15) is 19.4 Å². The van der Waals surface area contributed by atoms with E-state index in [-0.39, 0.29) is 0 Å². The van der Waals surface area contributed by atoms with Crippen molar-refractivity contribution < 1.29 is 4.74 Å². The fraction of sp³-hybridized carbons (Fsp3) is 0.385. The van der Waals surface area contributed by atoms with E-state index >= 15 is 0 Å². The Hall–Kier alpha value is -1.08. The van der Waals surface area contributed by atoms with Crippen LogP contribution in [0, 0.1) is 5.92 Å². The molecule has 0 amide bonds. The van der Waals surface area contributed by atoms with E-state index in [1.807, 2.05) is 6.07 Å². The molecule has 0 N–H and O–H groups in total. The van der Waals surface area contributed by atoms with Gasteiger partial charge in [-0.2, -0.15) is 0 Å². The van der Waals surface area contributed by atoms with Crippen LogP contribution >= 0.6 is 0 Å². The van der Waals surface area contributed by atoms with Crippen LogP contribution in [0.25, 0.3) is 6.08 Å². The highest BCUT2D eigenvalue weighted by molar-refractivity contribution is 5.54. The summed E-state index contributed by atoms with van der Waals surface area (Å²) < 4.78 is 5.58. The average molecular weight is 188 g/mol. The molecule has 1 aromatic rings. The molecule has 0 aromatic heterocycles. The summed E-state index contributed by atoms with van der Waals surface area (Å²) in [6.45, 7) is 5.15. The van der Waals surface area contributed by atoms with Gasteiger partial charge in [-0.25, -0.2) is 0 Å². The first-order valence-electron chi connectivity index (χ1n) is 5.14. The van der Waals surface area contributed by atoms with Gasteiger partial charge in [-0.3, -0.25) is 0 Å². The average Bonchev–Trinajstić information content (AvgIpc) is 2.52. The fourth-order valence-electron chi connectivity index (χ4n) is 1.74. The molecule has 1 aliphatic heterocycles. The minimum atomic E-state index is 0.366. The van der Waals surface area contributed by atoms with Gasteiger partial charge in [0.25, 0.3) is 0 Å². The van der Waals surface area contributed by atoms with E-state index in [1.54, 1.807) is 0 Å². The highest BCUT2D eigenvalue weighted by atomic mass is 16.5. The molecular formula is C13H16O. The molecule has 1 saturated heterocycles. The third-order valence-corrected chi connectivity index (χ3v) is 2.95. The van der Waals surface area contributed by atoms with E-state index in [2.05, 4.69) is 44.2 Å². The summed E-state index contributed by atoms with van der Waals surface area (Å²) in [4.78, 5) is 0. The predicted molar refractivity (Wildman–Crippen MR) is 59.0 cm³/mol. The lowest BCUT2D eigenvalue weighted by atomic mass is 9.98. The molecule has 1 aliphatic rings. The fourth-order valence-corrected chi connectivity index (χ4v) is 1.74. The minimum Gasteiger partial charge on any atom is -0.374 e. The minimum absolute atomic E-state index is 0.366. The SMILES string of the molecule is C[C@@H]1OC/C(=C\c2ccccc2)[C@H]1C. The summed E-state index contributed by atoms with van der Waals surface area (Å²) in [6, 6.07) is 10.4. The number of hydrogen-bond acceptors (Lipinski definition) is 1. The normalized spacial score (nSPS) is 29.7. The number of benzene rings is 1. The summed E-state index contributed by atoms with van der Waals surface area (Å²) in [5.41, 5.74) is 2.68. The molecule has 1 fully saturated rings. The van der Waals surface area contributed by atoms with Crippen molar-refractivity contribution in [3.8, 4) is 0 Å². The first kappa shape index (κ1) is 9.47. The van der Waals surface area contributed by atoms with Gasteiger partial charge < -0.3 is 4.74 Å². The Morgan fingerprint density at radius 2 is 1.93 bits per heavy atom. The summed E-state index contributed by atoms with van der Waals surface area (Å²) in [5, 5.41) is 0. The molecule has 0 unspecified atom stereocenters. The van der Waals surface area contributed by atoms with Gasteiger partial charge in [0.2, 0.25) is 0 Å². The lowest BCUT2D eigenvalue weighted by Gasteiger charge is -2.07. The quantitative estimate of drug-likeness (QED) is 0.658. The summed E-state index contributed by atoms with van der Waals surface area (Å²) >= 11 is 0. The van der Waals surface area contributed by atoms with Gasteiger partial charge in [0.05, 0.1) is 12.7 Å². The molecular weight excluding hydrogens is 172 g/mol. The molecule has 14 heavy (non-hydrogen) atoms. The maximum atomic E-state index is 5.58. The van der Waals surface area contributed by atoms with Crippen LogP contribution in [0.15, 0.2) is 35.9 Å². The maximum Gasteiger partial charge on any atom is 0.0687 e. The Balaban J connectivity index is 2.20. The highest BCUT2D eigenvalue weighted by Gasteiger charge is 2.24. The molecule has 1 aromatic carbocycles. The molecule has 0 aliphatic carbocycles. The number of ether oxygens (including phenoxy) is 1. The van der Waals surface area contributed by atoms with Crippen LogP contribution in [-0.4, -0.2) is 12.7 Å². The molecule has 1 nitrogen and oxygen atoms in total. The summed E-state index contributed by atoms with van der Waals surface area (Å²) in [5.74, 6) is 0.551. The smallest absolute Gasteiger partial charge is 0.0687 e. The molecule has 74 valence electrons. The summed E-state index contributed by atoms with van der Waals surface area (Å²) in [7, 11) is 0. The molecule has 2 rings (SSSR count). The Bertz CT molecular complexity index is 326. The standard InChI is InChI=1S/C13H16O/c1-10-11(2)14-9-13(10)8-12-6-4-3-5-7-12/h3-8,10-11H,9H2,1-2H3/b13-8+/t10-,11-/m0/s1. The van der Waals surface area contributed by atoms with E-state index in [0.29, 0.717) is 12.0 Å². The third kappa shape index (κ3) is 1.88. The zero-order valence-corrected chi connectivity index (χ0v) is 8.73. The largest absolute Gasteiger partial charge is 0.374 e. The Kier molecular flexibility index (Phi) is 2.69. The van der Waals surface area contributed by atoms with Gasteiger partial charge in [-0.05, 0) is 18.1 Å². The van der Waals surface area contributed by atoms with Gasteiger partial charge in [-0.15, -0.1) is 0 Å². The zero-order chi connectivity index (χ0) is 9.97. The summed E-state index contributed by atoms with van der Waals surface area (Å²) in [6.07, 6.45) is 2.61. The zero-order valence-electron chi connectivity index (χ0n) is 8.73. The van der Waals surface area contributed by atoms with E-state index in [1.165, 1.54) is 11.1 Å². The third-order valence-electron chi connectivity index (χ3n) is 2.95. The van der Waals surface area contributed by atoms with Crippen LogP contribution in [0.5, 0.6) is 0 Å². The highest BCUT2D eigenvalue weighted by Crippen LogP contribution is 2.27. The lowest BCUT2D eigenvalue weighted by Crippen LogP contribution is -2.07. The number of rotatable bonds is 1. The van der Waals surface area contributed by atoms with E-state index < -0.39 is 0 Å². The van der Waals surface area contributed by atoms with Crippen LogP contribution < -0.4 is 0 Å². The van der Waals surface area contributed by atoms with Crippen molar-refractivity contribution in [3.05, 3.63) is 41.5 Å². The Morgan fingerprint density at radius 1 is 1.21 bits per heavy atom. The van der Waals surface area contributed by atoms with Crippen molar-refractivity contribution >= 4 is 6.08 Å². The molecule has 0 radical (unpaired) electrons. The molecule has 0 bridgehead atoms. The molecule has 1 heterocycles. The monoisotopic (exact) mass is 188 g/mol. The topological polar surface area (TPSA) is 9.23 Å². The van der Waals surface area contributed by atoms with E-state index in [9.17, 15) is 0 Å². The predicted octanol–water partition coefficient (Wildman–Crippen LogP) is 3.12. The van der Waals surface area contributed by atoms with Crippen molar-refractivity contribution in [2.45, 2.75) is 20.0 Å². The second kappa shape index (κ2) is 3.97. The molecule has 0 saturated carbocycles. The van der Waals surface area contributed by atoms with Crippen molar-refractivity contribution in [3.63, 3.8) is 0 Å². The van der Waals surface area contributed by atoms with E-state index in [0.717, 1.165) is 6.61 Å². The first-order chi connectivity index (χ1) is 6.77. The molecule has 2 atom stereocenters. The van der Waals surface area contributed by atoms with Crippen molar-refractivity contribution in [2.24, 2.45) is 5.92 Å². The van der Waals surface area contributed by atoms with E-state index in [4.69, 9.17) is 4.74 Å². The Labute approximate surface area is 85.4 Å². The lowest BCUT2D eigenvalue weighted by molar-refractivity contribution is 0.110. The molecule has 1 heteroatoms. The second-order valence-electron chi connectivity index (χ2n) is 3.93. The van der Waals surface area contributed by atoms with Gasteiger partial charge in [0.15, 0.2) is 0 Å². The number of hydrogen-bond donors (Lipinski definition) is 0. The van der Waals surface area contributed by atoms with Gasteiger partial charge in [-0.1, -0.05) is 43.3 Å². The van der Waals surface area contributed by atoms with Crippen LogP contribution in [0.4, 0.5) is 0 Å². The first-order valence-corrected chi connectivity index (χ1v) is 5.14. The van der Waals surface area contributed by atoms with Crippen LogP contribution in [0.3, 0.4) is 0 Å². The van der Waals surface area contributed by atoms with Crippen molar-refractivity contribution in [2.75, 3.05) is 6.61 Å². The van der Waals surface area contributed by atoms with Crippen molar-refractivity contribution in [1.82, 2.24) is 0 Å². The molecule has 0 spiro atoms. The van der Waals surface area contributed by atoms with Crippen molar-refractivity contribution in [1.29, 1.82) is 0 Å². The van der Waals surface area contributed by atoms with Crippen LogP contribution in [-0.2, 0) is 4.74 Å².